The minimum atomic E-state index is 0.367. The summed E-state index contributed by atoms with van der Waals surface area (Å²) in [5.41, 5.74) is 0.367. The highest BCUT2D eigenvalue weighted by molar-refractivity contribution is 4.98. The van der Waals surface area contributed by atoms with E-state index >= 15 is 0 Å². The first-order valence-electron chi connectivity index (χ1n) is 5.06. The van der Waals surface area contributed by atoms with Crippen LogP contribution in [0.25, 0.3) is 0 Å². The molecular weight excluding hydrogens is 148 g/mol. The summed E-state index contributed by atoms with van der Waals surface area (Å²) >= 11 is 0. The Hall–Kier alpha value is -0.0800. The van der Waals surface area contributed by atoms with Gasteiger partial charge >= 0.3 is 0 Å². The number of hydrogen-bond donors (Lipinski definition) is 1. The van der Waals surface area contributed by atoms with Crippen molar-refractivity contribution in [3.05, 3.63) is 0 Å². The molecule has 12 heavy (non-hydrogen) atoms. The lowest BCUT2D eigenvalue weighted by Gasteiger charge is -2.36. The number of rotatable bonds is 0. The SMILES string of the molecule is CC(C)(C)N1CC[C@@H]2CNC[C@@H]21. The van der Waals surface area contributed by atoms with Crippen LogP contribution in [0.15, 0.2) is 0 Å². The molecule has 2 nitrogen and oxygen atoms in total. The van der Waals surface area contributed by atoms with E-state index in [2.05, 4.69) is 31.0 Å². The molecule has 0 aromatic rings. The average Bonchev–Trinajstić information content (AvgIpc) is 2.37. The summed E-state index contributed by atoms with van der Waals surface area (Å²) < 4.78 is 0. The van der Waals surface area contributed by atoms with Gasteiger partial charge in [0.15, 0.2) is 0 Å². The largest absolute Gasteiger partial charge is 0.315 e. The second-order valence-electron chi connectivity index (χ2n) is 5.14. The Morgan fingerprint density at radius 1 is 1.25 bits per heavy atom. The van der Waals surface area contributed by atoms with Crippen LogP contribution < -0.4 is 5.32 Å². The van der Waals surface area contributed by atoms with E-state index in [4.69, 9.17) is 0 Å². The molecule has 2 rings (SSSR count). The lowest BCUT2D eigenvalue weighted by atomic mass is 10.0. The number of nitrogens with zero attached hydrogens (tertiary/aromatic N) is 1. The monoisotopic (exact) mass is 168 g/mol. The highest BCUT2D eigenvalue weighted by atomic mass is 15.3. The van der Waals surface area contributed by atoms with Gasteiger partial charge in [0.1, 0.15) is 0 Å². The van der Waals surface area contributed by atoms with Crippen molar-refractivity contribution < 1.29 is 0 Å². The van der Waals surface area contributed by atoms with E-state index in [9.17, 15) is 0 Å². The third-order valence-electron chi connectivity index (χ3n) is 3.31. The summed E-state index contributed by atoms with van der Waals surface area (Å²) in [6, 6.07) is 0.824. The molecule has 0 bridgehead atoms. The zero-order valence-electron chi connectivity index (χ0n) is 8.43. The Balaban J connectivity index is 2.09. The van der Waals surface area contributed by atoms with E-state index in [0.29, 0.717) is 5.54 Å². The first-order chi connectivity index (χ1) is 5.59. The van der Waals surface area contributed by atoms with Crippen LogP contribution in [0.4, 0.5) is 0 Å². The van der Waals surface area contributed by atoms with Crippen molar-refractivity contribution >= 4 is 0 Å². The smallest absolute Gasteiger partial charge is 0.0266 e. The fourth-order valence-electron chi connectivity index (χ4n) is 2.68. The van der Waals surface area contributed by atoms with Gasteiger partial charge in [0.05, 0.1) is 0 Å². The molecule has 0 aliphatic carbocycles. The van der Waals surface area contributed by atoms with Gasteiger partial charge < -0.3 is 5.32 Å². The highest BCUT2D eigenvalue weighted by Gasteiger charge is 2.41. The zero-order valence-corrected chi connectivity index (χ0v) is 8.43. The summed E-state index contributed by atoms with van der Waals surface area (Å²) in [7, 11) is 0. The Morgan fingerprint density at radius 2 is 2.00 bits per heavy atom. The molecule has 0 aromatic heterocycles. The van der Waals surface area contributed by atoms with Crippen molar-refractivity contribution in [1.29, 1.82) is 0 Å². The minimum Gasteiger partial charge on any atom is -0.315 e. The molecule has 2 aliphatic rings. The summed E-state index contributed by atoms with van der Waals surface area (Å²) in [4.78, 5) is 2.66. The molecule has 70 valence electrons. The van der Waals surface area contributed by atoms with Crippen LogP contribution in [0.5, 0.6) is 0 Å². The van der Waals surface area contributed by atoms with E-state index in [1.807, 2.05) is 0 Å². The molecule has 1 N–H and O–H groups in total. The van der Waals surface area contributed by atoms with Crippen molar-refractivity contribution in [3.63, 3.8) is 0 Å². The van der Waals surface area contributed by atoms with Gasteiger partial charge in [-0.3, -0.25) is 4.90 Å². The second-order valence-corrected chi connectivity index (χ2v) is 5.14. The maximum atomic E-state index is 3.48. The van der Waals surface area contributed by atoms with Gasteiger partial charge in [0, 0.05) is 18.1 Å². The summed E-state index contributed by atoms with van der Waals surface area (Å²) in [5, 5.41) is 3.48. The Bertz CT molecular complexity index is 171. The van der Waals surface area contributed by atoms with Crippen LogP contribution in [0.1, 0.15) is 27.2 Å². The topological polar surface area (TPSA) is 15.3 Å². The summed E-state index contributed by atoms with van der Waals surface area (Å²) in [6.07, 6.45) is 1.40. The lowest BCUT2D eigenvalue weighted by Crippen LogP contribution is -2.46. The number of hydrogen-bond acceptors (Lipinski definition) is 2. The van der Waals surface area contributed by atoms with Crippen LogP contribution in [-0.2, 0) is 0 Å². The normalized spacial score (nSPS) is 37.2. The molecule has 2 heteroatoms. The van der Waals surface area contributed by atoms with Crippen molar-refractivity contribution in [3.8, 4) is 0 Å². The Labute approximate surface area is 75.3 Å². The van der Waals surface area contributed by atoms with E-state index in [1.54, 1.807) is 0 Å². The van der Waals surface area contributed by atoms with Crippen molar-refractivity contribution in [2.75, 3.05) is 19.6 Å². The maximum absolute atomic E-state index is 3.48. The van der Waals surface area contributed by atoms with Gasteiger partial charge in [-0.1, -0.05) is 0 Å². The summed E-state index contributed by atoms with van der Waals surface area (Å²) in [6.45, 7) is 10.7. The molecule has 2 saturated heterocycles. The molecule has 0 aromatic carbocycles. The molecule has 2 aliphatic heterocycles. The molecule has 2 atom stereocenters. The number of fused-ring (bicyclic) bond motifs is 1. The van der Waals surface area contributed by atoms with E-state index < -0.39 is 0 Å². The first kappa shape index (κ1) is 8.52. The van der Waals surface area contributed by atoms with E-state index in [-0.39, 0.29) is 0 Å². The first-order valence-corrected chi connectivity index (χ1v) is 5.06. The van der Waals surface area contributed by atoms with Crippen LogP contribution in [0.2, 0.25) is 0 Å². The second kappa shape index (κ2) is 2.71. The third-order valence-corrected chi connectivity index (χ3v) is 3.31. The average molecular weight is 168 g/mol. The predicted octanol–water partition coefficient (Wildman–Crippen LogP) is 1.08. The van der Waals surface area contributed by atoms with Gasteiger partial charge in [0.2, 0.25) is 0 Å². The number of nitrogens with one attached hydrogen (secondary N) is 1. The molecule has 0 spiro atoms. The van der Waals surface area contributed by atoms with Gasteiger partial charge in [-0.05, 0) is 46.2 Å². The lowest BCUT2D eigenvalue weighted by molar-refractivity contribution is 0.122. The van der Waals surface area contributed by atoms with Gasteiger partial charge in [-0.15, -0.1) is 0 Å². The fourth-order valence-corrected chi connectivity index (χ4v) is 2.68. The summed E-state index contributed by atoms with van der Waals surface area (Å²) in [5.74, 6) is 0.934. The molecule has 0 saturated carbocycles. The Morgan fingerprint density at radius 3 is 2.67 bits per heavy atom. The predicted molar refractivity (Wildman–Crippen MR) is 51.2 cm³/mol. The minimum absolute atomic E-state index is 0.367. The van der Waals surface area contributed by atoms with E-state index in [1.165, 1.54) is 26.1 Å². The van der Waals surface area contributed by atoms with Gasteiger partial charge in [-0.25, -0.2) is 0 Å². The van der Waals surface area contributed by atoms with Crippen LogP contribution in [0, 0.1) is 5.92 Å². The standard InChI is InChI=1S/C10H20N2/c1-10(2,3)12-5-4-8-6-11-7-9(8)12/h8-9,11H,4-7H2,1-3H3/t8-,9+/m1/s1. The van der Waals surface area contributed by atoms with Gasteiger partial charge in [0.25, 0.3) is 0 Å². The van der Waals surface area contributed by atoms with E-state index in [0.717, 1.165) is 12.0 Å². The third kappa shape index (κ3) is 1.27. The molecular formula is C10H20N2. The van der Waals surface area contributed by atoms with Crippen molar-refractivity contribution in [1.82, 2.24) is 10.2 Å². The van der Waals surface area contributed by atoms with Crippen LogP contribution in [-0.4, -0.2) is 36.1 Å². The molecule has 0 unspecified atom stereocenters. The number of likely N-dealkylation sites (tertiary alicyclic amines) is 1. The van der Waals surface area contributed by atoms with Gasteiger partial charge in [-0.2, -0.15) is 0 Å². The molecule has 2 heterocycles. The van der Waals surface area contributed by atoms with Crippen molar-refractivity contribution in [2.45, 2.75) is 38.8 Å². The zero-order chi connectivity index (χ0) is 8.77. The highest BCUT2D eigenvalue weighted by Crippen LogP contribution is 2.32. The van der Waals surface area contributed by atoms with Crippen molar-refractivity contribution in [2.24, 2.45) is 5.92 Å². The Kier molecular flexibility index (Phi) is 1.92. The molecule has 0 radical (unpaired) electrons. The molecule has 2 fully saturated rings. The molecule has 0 amide bonds. The van der Waals surface area contributed by atoms with Crippen LogP contribution in [0.3, 0.4) is 0 Å². The maximum Gasteiger partial charge on any atom is 0.0266 e. The van der Waals surface area contributed by atoms with Crippen LogP contribution >= 0.6 is 0 Å². The fraction of sp³-hybridized carbons (Fsp3) is 1.00. The quantitative estimate of drug-likeness (QED) is 0.582.